The molecule has 2 N–H and O–H groups in total. The van der Waals surface area contributed by atoms with Crippen LogP contribution in [-0.2, 0) is 33.0 Å². The molecular formula is C40H42N4O3. The maximum Gasteiger partial charge on any atom is 0.259 e. The number of benzene rings is 4. The van der Waals surface area contributed by atoms with Gasteiger partial charge in [0.05, 0.1) is 5.56 Å². The standard InChI is InChI=1S/C40H42N4O3/c1-27-22-31-12-8-9-13-32(31)25-44(27)40(46)35-19-14-29(20-21-41)23-37(35)38-24-36(28(2)42(38)3)39(45)43(4)33-15-17-34(18-16-33)47-26-30-10-6-5-7-11-30/h5-19,23-24,27H,20-22,25-26,41H2,1-4H3/t27-/m1/s1. The van der Waals surface area contributed by atoms with Crippen molar-refractivity contribution in [2.75, 3.05) is 18.5 Å². The van der Waals surface area contributed by atoms with E-state index in [4.69, 9.17) is 10.5 Å². The molecule has 1 aliphatic rings. The molecule has 0 aliphatic carbocycles. The van der Waals surface area contributed by atoms with Crippen molar-refractivity contribution in [1.29, 1.82) is 0 Å². The fourth-order valence-electron chi connectivity index (χ4n) is 6.40. The Morgan fingerprint density at radius 2 is 1.57 bits per heavy atom. The number of hydrogen-bond acceptors (Lipinski definition) is 4. The number of nitrogens with zero attached hydrogens (tertiary/aromatic N) is 3. The number of hydrogen-bond donors (Lipinski definition) is 1. The fraction of sp³-hybridized carbons (Fsp3) is 0.250. The fourth-order valence-corrected chi connectivity index (χ4v) is 6.40. The lowest BCUT2D eigenvalue weighted by atomic mass is 9.92. The van der Waals surface area contributed by atoms with Gasteiger partial charge in [-0.05, 0) is 98.0 Å². The van der Waals surface area contributed by atoms with Crippen LogP contribution < -0.4 is 15.4 Å². The van der Waals surface area contributed by atoms with Crippen LogP contribution in [0.2, 0.25) is 0 Å². The van der Waals surface area contributed by atoms with E-state index in [1.807, 2.05) is 102 Å². The number of carbonyl (C=O) groups excluding carboxylic acids is 2. The van der Waals surface area contributed by atoms with Gasteiger partial charge in [0.1, 0.15) is 12.4 Å². The molecule has 0 radical (unpaired) electrons. The molecule has 2 amide bonds. The van der Waals surface area contributed by atoms with E-state index >= 15 is 0 Å². The van der Waals surface area contributed by atoms with Crippen LogP contribution in [0.15, 0.2) is 103 Å². The molecule has 0 saturated carbocycles. The highest BCUT2D eigenvalue weighted by molar-refractivity contribution is 6.08. The molecule has 6 rings (SSSR count). The monoisotopic (exact) mass is 626 g/mol. The number of carbonyl (C=O) groups is 2. The molecule has 0 bridgehead atoms. The maximum absolute atomic E-state index is 14.3. The van der Waals surface area contributed by atoms with Crippen LogP contribution in [0.4, 0.5) is 5.69 Å². The SMILES string of the molecule is Cc1c(C(=O)N(C)c2ccc(OCc3ccccc3)cc2)cc(-c2cc(CCN)ccc2C(=O)N2Cc3ccccc3C[C@H]2C)n1C. The van der Waals surface area contributed by atoms with Crippen LogP contribution in [-0.4, -0.2) is 40.9 Å². The van der Waals surface area contributed by atoms with E-state index in [2.05, 4.69) is 31.2 Å². The first-order chi connectivity index (χ1) is 22.7. The summed E-state index contributed by atoms with van der Waals surface area (Å²) < 4.78 is 7.95. The average molecular weight is 627 g/mol. The summed E-state index contributed by atoms with van der Waals surface area (Å²) in [5, 5.41) is 0. The third-order valence-corrected chi connectivity index (χ3v) is 9.33. The van der Waals surface area contributed by atoms with Gasteiger partial charge in [-0.1, -0.05) is 60.7 Å². The van der Waals surface area contributed by atoms with Crippen molar-refractivity contribution < 1.29 is 14.3 Å². The molecule has 1 atom stereocenters. The normalized spacial score (nSPS) is 14.1. The Morgan fingerprint density at radius 1 is 0.872 bits per heavy atom. The lowest BCUT2D eigenvalue weighted by Gasteiger charge is -2.35. The first kappa shape index (κ1) is 31.8. The van der Waals surface area contributed by atoms with Gasteiger partial charge in [0.2, 0.25) is 0 Å². The number of ether oxygens (including phenoxy) is 1. The molecule has 1 aliphatic heterocycles. The highest BCUT2D eigenvalue weighted by Crippen LogP contribution is 2.33. The predicted octanol–water partition coefficient (Wildman–Crippen LogP) is 6.94. The molecule has 4 aromatic carbocycles. The van der Waals surface area contributed by atoms with E-state index < -0.39 is 0 Å². The van der Waals surface area contributed by atoms with E-state index in [1.54, 1.807) is 11.9 Å². The highest BCUT2D eigenvalue weighted by atomic mass is 16.5. The van der Waals surface area contributed by atoms with Crippen LogP contribution in [0.5, 0.6) is 5.75 Å². The number of nitrogens with two attached hydrogens (primary N) is 1. The summed E-state index contributed by atoms with van der Waals surface area (Å²) in [5.41, 5.74) is 14.9. The lowest BCUT2D eigenvalue weighted by Crippen LogP contribution is -2.42. The zero-order valence-corrected chi connectivity index (χ0v) is 27.6. The minimum absolute atomic E-state index is 0.0141. The molecule has 0 unspecified atom stereocenters. The quantitative estimate of drug-likeness (QED) is 0.192. The zero-order chi connectivity index (χ0) is 33.1. The third kappa shape index (κ3) is 6.58. The molecule has 5 aromatic rings. The minimum Gasteiger partial charge on any atom is -0.489 e. The minimum atomic E-state index is -0.130. The first-order valence-electron chi connectivity index (χ1n) is 16.2. The van der Waals surface area contributed by atoms with Crippen molar-refractivity contribution in [2.45, 2.75) is 45.9 Å². The summed E-state index contributed by atoms with van der Waals surface area (Å²) in [4.78, 5) is 31.8. The van der Waals surface area contributed by atoms with Crippen LogP contribution in [0.25, 0.3) is 11.3 Å². The largest absolute Gasteiger partial charge is 0.489 e. The zero-order valence-electron chi connectivity index (χ0n) is 27.6. The van der Waals surface area contributed by atoms with Gasteiger partial charge in [-0.3, -0.25) is 9.59 Å². The van der Waals surface area contributed by atoms with E-state index in [0.717, 1.165) is 45.9 Å². The van der Waals surface area contributed by atoms with Gasteiger partial charge in [0.25, 0.3) is 11.8 Å². The second kappa shape index (κ2) is 13.7. The smallest absolute Gasteiger partial charge is 0.259 e. The molecule has 2 heterocycles. The van der Waals surface area contributed by atoms with Gasteiger partial charge in [-0.15, -0.1) is 0 Å². The van der Waals surface area contributed by atoms with Crippen molar-refractivity contribution in [1.82, 2.24) is 9.47 Å². The van der Waals surface area contributed by atoms with E-state index in [0.29, 0.717) is 37.2 Å². The van der Waals surface area contributed by atoms with E-state index in [9.17, 15) is 9.59 Å². The Hall–Kier alpha value is -5.14. The molecule has 47 heavy (non-hydrogen) atoms. The van der Waals surface area contributed by atoms with Crippen molar-refractivity contribution in [3.8, 4) is 17.0 Å². The summed E-state index contributed by atoms with van der Waals surface area (Å²) in [5.74, 6) is 0.590. The number of aromatic nitrogens is 1. The van der Waals surface area contributed by atoms with Crippen LogP contribution >= 0.6 is 0 Å². The topological polar surface area (TPSA) is 80.8 Å². The van der Waals surface area contributed by atoms with E-state index in [1.165, 1.54) is 11.1 Å². The summed E-state index contributed by atoms with van der Waals surface area (Å²) >= 11 is 0. The van der Waals surface area contributed by atoms with Gasteiger partial charge in [-0.2, -0.15) is 0 Å². The van der Waals surface area contributed by atoms with Crippen LogP contribution in [0.3, 0.4) is 0 Å². The Morgan fingerprint density at radius 3 is 2.30 bits per heavy atom. The number of fused-ring (bicyclic) bond motifs is 1. The van der Waals surface area contributed by atoms with Crippen LogP contribution in [0, 0.1) is 6.92 Å². The van der Waals surface area contributed by atoms with Gasteiger partial charge in [-0.25, -0.2) is 0 Å². The molecule has 7 heteroatoms. The van der Waals surface area contributed by atoms with Gasteiger partial charge < -0.3 is 24.8 Å². The van der Waals surface area contributed by atoms with Gasteiger partial charge in [0, 0.05) is 54.9 Å². The summed E-state index contributed by atoms with van der Waals surface area (Å²) in [6.07, 6.45) is 1.51. The average Bonchev–Trinajstić information content (AvgIpc) is 3.40. The van der Waals surface area contributed by atoms with Crippen LogP contribution in [0.1, 0.15) is 55.6 Å². The van der Waals surface area contributed by atoms with Crippen molar-refractivity contribution in [3.63, 3.8) is 0 Å². The Kier molecular flexibility index (Phi) is 9.27. The molecule has 240 valence electrons. The molecule has 0 saturated heterocycles. The molecule has 0 spiro atoms. The second-order valence-electron chi connectivity index (χ2n) is 12.4. The van der Waals surface area contributed by atoms with E-state index in [-0.39, 0.29) is 17.9 Å². The third-order valence-electron chi connectivity index (χ3n) is 9.33. The molecule has 0 fully saturated rings. The molecule has 7 nitrogen and oxygen atoms in total. The van der Waals surface area contributed by atoms with Crippen molar-refractivity contribution in [2.24, 2.45) is 12.8 Å². The number of amides is 2. The maximum atomic E-state index is 14.3. The Balaban J connectivity index is 1.27. The highest BCUT2D eigenvalue weighted by Gasteiger charge is 2.30. The number of rotatable bonds is 9. The molecular weight excluding hydrogens is 584 g/mol. The first-order valence-corrected chi connectivity index (χ1v) is 16.2. The van der Waals surface area contributed by atoms with Crippen molar-refractivity contribution in [3.05, 3.63) is 142 Å². The van der Waals surface area contributed by atoms with Crippen molar-refractivity contribution >= 4 is 17.5 Å². The predicted molar refractivity (Wildman–Crippen MR) is 188 cm³/mol. The lowest BCUT2D eigenvalue weighted by molar-refractivity contribution is 0.0659. The summed E-state index contributed by atoms with van der Waals surface area (Å²) in [7, 11) is 3.73. The Bertz CT molecular complexity index is 1900. The summed E-state index contributed by atoms with van der Waals surface area (Å²) in [6.45, 7) is 5.60. The van der Waals surface area contributed by atoms with Gasteiger partial charge >= 0.3 is 0 Å². The Labute approximate surface area is 277 Å². The molecule has 1 aromatic heterocycles. The number of anilines is 1. The van der Waals surface area contributed by atoms with Gasteiger partial charge in [0.15, 0.2) is 0 Å². The summed E-state index contributed by atoms with van der Waals surface area (Å²) in [6, 6.07) is 33.9. The second-order valence-corrected chi connectivity index (χ2v) is 12.4.